The summed E-state index contributed by atoms with van der Waals surface area (Å²) in [6, 6.07) is 4.43. The summed E-state index contributed by atoms with van der Waals surface area (Å²) in [5, 5.41) is 308. The standard InChI is InChI=1S/C82H58O53/c83-28-1-18(2-29(84)49(28)97)69(109)122-16-42-62(127-70(110)19-3-30(85)50(98)31(86)4-19)65(129-71(111)20-5-32(87)51(99)33(88)6-20)67(79(125-42)133-72(112)21-7-34(89)52(100)35(90)8-21)132-78(118)27-13-39(94)55(103)60(108)61(27)124-41-14-25-46(59(107)57(41)105)45-23(11-38(93)54(102)58(45)106)74(114)123-17-43-63-66(130-76(25)116)68(80(126-43)134-73(113)22-9-36(91)53(101)37(92)10-22)131-75(115)24-12-40(95)56(104)64-47(24)48-26(77(117)128-63)15-44(96)82(121,135-64)81(48,119)120/h1-15,42-43,48,62-63,65-68,79-80,83-95,97-108,119-121H,16-17H2. The fourth-order valence-corrected chi connectivity index (χ4v) is 14.7. The molecule has 28 N–H and O–H groups in total. The van der Waals surface area contributed by atoms with E-state index in [4.69, 9.17) is 66.3 Å². The van der Waals surface area contributed by atoms with Crippen LogP contribution in [0.3, 0.4) is 0 Å². The number of aromatic hydroxyl groups is 25. The van der Waals surface area contributed by atoms with Crippen LogP contribution in [0.1, 0.15) is 105 Å². The summed E-state index contributed by atoms with van der Waals surface area (Å²) in [7, 11) is 0. The maximum atomic E-state index is 16.1. The third-order valence-corrected chi connectivity index (χ3v) is 21.3. The molecule has 15 rings (SSSR count). The minimum absolute atomic E-state index is 0.0142. The molecule has 704 valence electrons. The van der Waals surface area contributed by atoms with Crippen LogP contribution in [0.4, 0.5) is 0 Å². The minimum Gasteiger partial charge on any atom is -0.504 e. The van der Waals surface area contributed by atoms with Crippen LogP contribution >= 0.6 is 0 Å². The number of ketones is 1. The highest BCUT2D eigenvalue weighted by molar-refractivity contribution is 6.11. The average Bonchev–Trinajstić information content (AvgIpc) is 1.37. The molecule has 2 saturated heterocycles. The first-order valence-corrected chi connectivity index (χ1v) is 37.5. The molecule has 9 aromatic rings. The van der Waals surface area contributed by atoms with Crippen molar-refractivity contribution >= 4 is 65.5 Å². The molecule has 0 radical (unpaired) electrons. The maximum absolute atomic E-state index is 16.1. The van der Waals surface area contributed by atoms with Gasteiger partial charge in [-0.1, -0.05) is 0 Å². The Morgan fingerprint density at radius 3 is 1.25 bits per heavy atom. The SMILES string of the molecule is O=C1OC2C3COC(=O)c4cc(O)c(O)c(O)c4-c4c(cc(Oc5c(C(=O)OC6C(OC(=O)c7cc(O)c(O)c(O)c7)OC(COC(=O)c7cc(O)c(O)c(O)c7)C(OC(=O)c7cc(O)c(O)c(O)c7)C6OC(=O)c6cc(O)c(O)c(O)c6)cc(O)c(O)c5O)c(O)c4O)C(=O)OC2C(OC(=O)c2cc(O)c(O)c4c2C2C1=CC(=O)C(O)(O4)C2(O)O)C(OC(=O)c1cc(O)c(O)c(O)c1)O3. The first-order chi connectivity index (χ1) is 63.4. The third-order valence-electron chi connectivity index (χ3n) is 21.3. The normalized spacial score (nSPS) is 21.8. The number of fused-ring (bicyclic) bond motifs is 4. The monoisotopic (exact) mass is 1890 g/mol. The number of cyclic esters (lactones) is 1. The van der Waals surface area contributed by atoms with Crippen LogP contribution < -0.4 is 9.47 Å². The Bertz CT molecular complexity index is 6630. The minimum atomic E-state index is -4.23. The summed E-state index contributed by atoms with van der Waals surface area (Å²) in [6.07, 6.45) is -29.1. The van der Waals surface area contributed by atoms with Crippen LogP contribution in [0.2, 0.25) is 0 Å². The number of hydrogen-bond acceptors (Lipinski definition) is 53. The second-order valence-electron chi connectivity index (χ2n) is 29.6. The lowest BCUT2D eigenvalue weighted by molar-refractivity contribution is -0.339. The number of hydrogen-bond donors (Lipinski definition) is 28. The molecule has 12 unspecified atom stereocenters. The zero-order valence-corrected chi connectivity index (χ0v) is 66.2. The first kappa shape index (κ1) is 91.2. The Kier molecular flexibility index (Phi) is 22.4. The van der Waals surface area contributed by atoms with Crippen LogP contribution in [0.5, 0.6) is 161 Å². The number of aliphatic hydroxyl groups is 3. The van der Waals surface area contributed by atoms with Crippen molar-refractivity contribution in [3.63, 3.8) is 0 Å². The molecular weight excluding hydrogens is 1830 g/mol. The lowest BCUT2D eigenvalue weighted by Gasteiger charge is -2.49. The Morgan fingerprint density at radius 1 is 0.356 bits per heavy atom. The predicted molar refractivity (Wildman–Crippen MR) is 412 cm³/mol. The maximum Gasteiger partial charge on any atom is 0.342 e. The molecule has 0 amide bonds. The van der Waals surface area contributed by atoms with E-state index >= 15 is 19.2 Å². The fourth-order valence-electron chi connectivity index (χ4n) is 14.7. The molecule has 1 aliphatic carbocycles. The molecule has 0 aromatic heterocycles. The number of phenols is 25. The number of ether oxygens (including phenoxy) is 14. The molecule has 0 saturated carbocycles. The number of rotatable bonds is 15. The van der Waals surface area contributed by atoms with Crippen molar-refractivity contribution in [1.29, 1.82) is 0 Å². The van der Waals surface area contributed by atoms with E-state index in [2.05, 4.69) is 0 Å². The Morgan fingerprint density at radius 2 is 0.748 bits per heavy atom. The second-order valence-corrected chi connectivity index (χ2v) is 29.6. The van der Waals surface area contributed by atoms with Crippen molar-refractivity contribution in [2.24, 2.45) is 0 Å². The second kappa shape index (κ2) is 33.2. The lowest BCUT2D eigenvalue weighted by Crippen LogP contribution is -2.70. The van der Waals surface area contributed by atoms with Crippen molar-refractivity contribution in [3.05, 3.63) is 152 Å². The Hall–Kier alpha value is -18.5. The number of phenolic OH excluding ortho intramolecular Hbond substituents is 25. The van der Waals surface area contributed by atoms with Crippen LogP contribution in [0.15, 0.2) is 96.6 Å². The predicted octanol–water partition coefficient (Wildman–Crippen LogP) is 0.985. The smallest absolute Gasteiger partial charge is 0.342 e. The molecule has 2 fully saturated rings. The van der Waals surface area contributed by atoms with Crippen molar-refractivity contribution in [1.82, 2.24) is 0 Å². The fraction of sp³-hybridized carbons (Fsp3) is 0.183. The van der Waals surface area contributed by atoms with Gasteiger partial charge in [0.25, 0.3) is 5.79 Å². The van der Waals surface area contributed by atoms with Gasteiger partial charge in [-0.05, 0) is 78.9 Å². The molecule has 53 heteroatoms. The zero-order valence-electron chi connectivity index (χ0n) is 66.2. The van der Waals surface area contributed by atoms with E-state index in [0.717, 1.165) is 0 Å². The molecule has 9 aromatic carbocycles. The van der Waals surface area contributed by atoms with Gasteiger partial charge in [0.05, 0.1) is 56.0 Å². The summed E-state index contributed by atoms with van der Waals surface area (Å²) >= 11 is 0. The topological polar surface area (TPSA) is 883 Å². The zero-order chi connectivity index (χ0) is 98.3. The number of carbonyl (C=O) groups is 11. The van der Waals surface area contributed by atoms with E-state index in [1.165, 1.54) is 0 Å². The summed E-state index contributed by atoms with van der Waals surface area (Å²) in [5.41, 5.74) is -17.0. The highest BCUT2D eigenvalue weighted by Crippen LogP contribution is 2.61. The van der Waals surface area contributed by atoms with E-state index in [0.29, 0.717) is 60.7 Å². The summed E-state index contributed by atoms with van der Waals surface area (Å²) in [4.78, 5) is 164. The van der Waals surface area contributed by atoms with Gasteiger partial charge in [0.1, 0.15) is 31.0 Å². The van der Waals surface area contributed by atoms with Gasteiger partial charge in [0.15, 0.2) is 157 Å². The highest BCUT2D eigenvalue weighted by atomic mass is 16.8. The van der Waals surface area contributed by atoms with Crippen molar-refractivity contribution in [2.75, 3.05) is 13.2 Å². The molecule has 12 atom stereocenters. The van der Waals surface area contributed by atoms with E-state index in [1.54, 1.807) is 0 Å². The quantitative estimate of drug-likeness (QED) is 0.0294. The average molecular weight is 1890 g/mol. The molecule has 135 heavy (non-hydrogen) atoms. The largest absolute Gasteiger partial charge is 0.504 e. The molecular formula is C82H58O53. The molecule has 0 spiro atoms. The number of benzene rings is 9. The van der Waals surface area contributed by atoms with Gasteiger partial charge in [-0.25, -0.2) is 47.9 Å². The van der Waals surface area contributed by atoms with Crippen molar-refractivity contribution in [3.8, 4) is 172 Å². The first-order valence-electron chi connectivity index (χ1n) is 37.5. The van der Waals surface area contributed by atoms with E-state index < -0.39 is 391 Å². The molecule has 6 aliphatic rings. The van der Waals surface area contributed by atoms with Gasteiger partial charge in [-0.3, -0.25) is 4.79 Å². The van der Waals surface area contributed by atoms with E-state index in [9.17, 15) is 177 Å². The van der Waals surface area contributed by atoms with Crippen LogP contribution in [0.25, 0.3) is 11.1 Å². The Balaban J connectivity index is 0.904. The Labute approximate surface area is 741 Å². The van der Waals surface area contributed by atoms with Gasteiger partial charge in [0.2, 0.25) is 59.3 Å². The molecule has 5 heterocycles. The summed E-state index contributed by atoms with van der Waals surface area (Å²) < 4.78 is 79.8. The molecule has 5 aliphatic heterocycles. The highest BCUT2D eigenvalue weighted by Gasteiger charge is 2.71. The van der Waals surface area contributed by atoms with Gasteiger partial charge >= 0.3 is 65.5 Å². The van der Waals surface area contributed by atoms with Crippen molar-refractivity contribution in [2.45, 2.75) is 78.9 Å². The van der Waals surface area contributed by atoms with Crippen LogP contribution in [-0.2, 0) is 66.4 Å². The number of esters is 10. The number of carbonyl (C=O) groups excluding carboxylic acids is 11. The summed E-state index contributed by atoms with van der Waals surface area (Å²) in [5.74, 6) is -75.5. The van der Waals surface area contributed by atoms with E-state index in [1.807, 2.05) is 0 Å². The van der Waals surface area contributed by atoms with Crippen molar-refractivity contribution < 1.29 is 262 Å². The van der Waals surface area contributed by atoms with Crippen LogP contribution in [0, 0.1) is 0 Å². The lowest BCUT2D eigenvalue weighted by atomic mass is 9.70. The van der Waals surface area contributed by atoms with Crippen LogP contribution in [-0.4, -0.2) is 295 Å². The molecule has 53 nitrogen and oxygen atoms in total. The third kappa shape index (κ3) is 15.5. The van der Waals surface area contributed by atoms with Gasteiger partial charge < -0.3 is 209 Å². The van der Waals surface area contributed by atoms with E-state index in [-0.39, 0.29) is 30.3 Å². The van der Waals surface area contributed by atoms with Gasteiger partial charge in [-0.15, -0.1) is 0 Å². The summed E-state index contributed by atoms with van der Waals surface area (Å²) in [6.45, 7) is -3.19. The van der Waals surface area contributed by atoms with Gasteiger partial charge in [-0.2, -0.15) is 0 Å². The molecule has 6 bridgehead atoms. The van der Waals surface area contributed by atoms with Gasteiger partial charge in [0, 0.05) is 28.8 Å².